The summed E-state index contributed by atoms with van der Waals surface area (Å²) in [5, 5.41) is 0. The summed E-state index contributed by atoms with van der Waals surface area (Å²) in [6.07, 6.45) is 3.35. The molecule has 1 aliphatic heterocycles. The fourth-order valence-electron chi connectivity index (χ4n) is 3.08. The molecular formula is C16H26BrN3. The molecule has 0 saturated carbocycles. The van der Waals surface area contributed by atoms with Crippen molar-refractivity contribution in [3.8, 4) is 0 Å². The smallest absolute Gasteiger partial charge is 0.0414 e. The second-order valence-corrected chi connectivity index (χ2v) is 6.60. The fourth-order valence-corrected chi connectivity index (χ4v) is 3.43. The zero-order valence-corrected chi connectivity index (χ0v) is 14.2. The van der Waals surface area contributed by atoms with Gasteiger partial charge in [0.2, 0.25) is 0 Å². The fraction of sp³-hybridized carbons (Fsp3) is 0.625. The van der Waals surface area contributed by atoms with Gasteiger partial charge in [-0.1, -0.05) is 28.9 Å². The van der Waals surface area contributed by atoms with Crippen LogP contribution >= 0.6 is 15.9 Å². The highest BCUT2D eigenvalue weighted by Gasteiger charge is 2.23. The Kier molecular flexibility index (Phi) is 5.87. The topological polar surface area (TPSA) is 32.5 Å². The van der Waals surface area contributed by atoms with Crippen molar-refractivity contribution in [2.24, 2.45) is 5.73 Å². The van der Waals surface area contributed by atoms with Gasteiger partial charge in [0, 0.05) is 29.3 Å². The van der Waals surface area contributed by atoms with Crippen molar-refractivity contribution < 1.29 is 0 Å². The molecule has 0 bridgehead atoms. The van der Waals surface area contributed by atoms with Gasteiger partial charge in [0.25, 0.3) is 0 Å². The predicted octanol–water partition coefficient (Wildman–Crippen LogP) is 2.87. The molecule has 1 aliphatic rings. The van der Waals surface area contributed by atoms with E-state index < -0.39 is 0 Å². The quantitative estimate of drug-likeness (QED) is 0.915. The third kappa shape index (κ3) is 3.74. The molecule has 1 unspecified atom stereocenters. The van der Waals surface area contributed by atoms with Crippen LogP contribution in [0.1, 0.15) is 25.3 Å². The molecule has 4 heteroatoms. The Hall–Kier alpha value is -0.580. The van der Waals surface area contributed by atoms with Crippen LogP contribution < -0.4 is 10.6 Å². The maximum absolute atomic E-state index is 5.78. The molecule has 1 aromatic carbocycles. The number of nitrogens with zero attached hydrogens (tertiary/aromatic N) is 2. The third-order valence-electron chi connectivity index (χ3n) is 4.14. The van der Waals surface area contributed by atoms with Gasteiger partial charge >= 0.3 is 0 Å². The zero-order chi connectivity index (χ0) is 14.5. The van der Waals surface area contributed by atoms with Gasteiger partial charge in [-0.3, -0.25) is 0 Å². The van der Waals surface area contributed by atoms with Gasteiger partial charge in [-0.15, -0.1) is 0 Å². The Morgan fingerprint density at radius 3 is 2.85 bits per heavy atom. The number of rotatable bonds is 4. The predicted molar refractivity (Wildman–Crippen MR) is 90.4 cm³/mol. The number of anilines is 1. The minimum Gasteiger partial charge on any atom is -0.367 e. The number of hydrogen-bond donors (Lipinski definition) is 1. The molecule has 0 spiro atoms. The molecule has 0 aromatic heterocycles. The minimum atomic E-state index is 0.591. The lowest BCUT2D eigenvalue weighted by Crippen LogP contribution is -2.40. The molecule has 0 amide bonds. The standard InChI is InChI=1S/C16H26BrN3/c1-3-15-12-19(2)9-4-10-20(15)16-11-14(17)6-5-13(16)7-8-18/h5-6,11,15H,3-4,7-10,12,18H2,1-2H3. The Balaban J connectivity index is 2.33. The van der Waals surface area contributed by atoms with Gasteiger partial charge in [0.15, 0.2) is 0 Å². The van der Waals surface area contributed by atoms with Gasteiger partial charge in [0.05, 0.1) is 0 Å². The van der Waals surface area contributed by atoms with Gasteiger partial charge in [-0.05, 0) is 57.1 Å². The summed E-state index contributed by atoms with van der Waals surface area (Å²) in [5.41, 5.74) is 8.52. The van der Waals surface area contributed by atoms with Crippen molar-refractivity contribution in [3.05, 3.63) is 28.2 Å². The molecule has 0 radical (unpaired) electrons. The molecule has 1 saturated heterocycles. The maximum Gasteiger partial charge on any atom is 0.0414 e. The van der Waals surface area contributed by atoms with E-state index in [9.17, 15) is 0 Å². The van der Waals surface area contributed by atoms with E-state index in [-0.39, 0.29) is 0 Å². The van der Waals surface area contributed by atoms with E-state index in [1.165, 1.54) is 30.6 Å². The van der Waals surface area contributed by atoms with E-state index in [0.717, 1.165) is 24.0 Å². The summed E-state index contributed by atoms with van der Waals surface area (Å²) in [6, 6.07) is 7.19. The highest BCUT2D eigenvalue weighted by Crippen LogP contribution is 2.29. The van der Waals surface area contributed by atoms with E-state index >= 15 is 0 Å². The molecule has 1 heterocycles. The van der Waals surface area contributed by atoms with Gasteiger partial charge in [-0.25, -0.2) is 0 Å². The molecule has 20 heavy (non-hydrogen) atoms. The highest BCUT2D eigenvalue weighted by atomic mass is 79.9. The summed E-state index contributed by atoms with van der Waals surface area (Å²) >= 11 is 3.62. The minimum absolute atomic E-state index is 0.591. The maximum atomic E-state index is 5.78. The first-order valence-electron chi connectivity index (χ1n) is 7.59. The van der Waals surface area contributed by atoms with Crippen LogP contribution in [-0.2, 0) is 6.42 Å². The van der Waals surface area contributed by atoms with Gasteiger partial charge in [0.1, 0.15) is 0 Å². The molecule has 1 fully saturated rings. The van der Waals surface area contributed by atoms with Crippen LogP contribution in [0.5, 0.6) is 0 Å². The van der Waals surface area contributed by atoms with E-state index in [2.05, 4.69) is 57.9 Å². The van der Waals surface area contributed by atoms with Gasteiger partial charge < -0.3 is 15.5 Å². The molecule has 3 nitrogen and oxygen atoms in total. The number of likely N-dealkylation sites (N-methyl/N-ethyl adjacent to an activating group) is 1. The van der Waals surface area contributed by atoms with Crippen LogP contribution in [0.3, 0.4) is 0 Å². The van der Waals surface area contributed by atoms with Crippen molar-refractivity contribution in [2.45, 2.75) is 32.2 Å². The van der Waals surface area contributed by atoms with Crippen molar-refractivity contribution in [3.63, 3.8) is 0 Å². The summed E-state index contributed by atoms with van der Waals surface area (Å²) in [4.78, 5) is 5.05. The number of hydrogen-bond acceptors (Lipinski definition) is 3. The van der Waals surface area contributed by atoms with Gasteiger partial charge in [-0.2, -0.15) is 0 Å². The van der Waals surface area contributed by atoms with Crippen LogP contribution in [-0.4, -0.2) is 44.2 Å². The van der Waals surface area contributed by atoms with E-state index in [1.54, 1.807) is 0 Å². The average molecular weight is 340 g/mol. The molecule has 1 aromatic rings. The van der Waals surface area contributed by atoms with Crippen molar-refractivity contribution in [1.29, 1.82) is 0 Å². The molecule has 2 rings (SSSR count). The lowest BCUT2D eigenvalue weighted by atomic mass is 10.1. The Morgan fingerprint density at radius 1 is 1.35 bits per heavy atom. The average Bonchev–Trinajstić information content (AvgIpc) is 2.62. The van der Waals surface area contributed by atoms with E-state index in [0.29, 0.717) is 12.6 Å². The largest absolute Gasteiger partial charge is 0.367 e. The highest BCUT2D eigenvalue weighted by molar-refractivity contribution is 9.10. The Morgan fingerprint density at radius 2 is 2.15 bits per heavy atom. The van der Waals surface area contributed by atoms with Crippen molar-refractivity contribution in [2.75, 3.05) is 38.1 Å². The van der Waals surface area contributed by atoms with E-state index in [4.69, 9.17) is 5.73 Å². The lowest BCUT2D eigenvalue weighted by molar-refractivity contribution is 0.328. The normalized spacial score (nSPS) is 21.0. The van der Waals surface area contributed by atoms with Crippen LogP contribution in [0.25, 0.3) is 0 Å². The Labute approximate surface area is 131 Å². The molecule has 112 valence electrons. The zero-order valence-electron chi connectivity index (χ0n) is 12.6. The summed E-state index contributed by atoms with van der Waals surface area (Å²) in [5.74, 6) is 0. The second-order valence-electron chi connectivity index (χ2n) is 5.68. The summed E-state index contributed by atoms with van der Waals surface area (Å²) in [6.45, 7) is 6.46. The summed E-state index contributed by atoms with van der Waals surface area (Å²) < 4.78 is 1.15. The first-order chi connectivity index (χ1) is 9.65. The number of halogens is 1. The monoisotopic (exact) mass is 339 g/mol. The number of benzene rings is 1. The first-order valence-corrected chi connectivity index (χ1v) is 8.38. The molecule has 1 atom stereocenters. The van der Waals surface area contributed by atoms with E-state index in [1.807, 2.05) is 0 Å². The second kappa shape index (κ2) is 7.43. The molecule has 0 aliphatic carbocycles. The molecule has 2 N–H and O–H groups in total. The van der Waals surface area contributed by atoms with Crippen LogP contribution in [0, 0.1) is 0 Å². The van der Waals surface area contributed by atoms with Crippen molar-refractivity contribution >= 4 is 21.6 Å². The summed E-state index contributed by atoms with van der Waals surface area (Å²) in [7, 11) is 2.23. The van der Waals surface area contributed by atoms with Crippen LogP contribution in [0.4, 0.5) is 5.69 Å². The van der Waals surface area contributed by atoms with Crippen LogP contribution in [0.15, 0.2) is 22.7 Å². The third-order valence-corrected chi connectivity index (χ3v) is 4.64. The van der Waals surface area contributed by atoms with Crippen LogP contribution in [0.2, 0.25) is 0 Å². The first kappa shape index (κ1) is 15.8. The lowest BCUT2D eigenvalue weighted by Gasteiger charge is -2.34. The number of nitrogens with two attached hydrogens (primary N) is 1. The Bertz CT molecular complexity index is 436. The molecular weight excluding hydrogens is 314 g/mol. The SMILES string of the molecule is CCC1CN(C)CCCN1c1cc(Br)ccc1CCN. The van der Waals surface area contributed by atoms with Crippen molar-refractivity contribution in [1.82, 2.24) is 4.90 Å².